The van der Waals surface area contributed by atoms with E-state index in [1.54, 1.807) is 0 Å². The Bertz CT molecular complexity index is 356. The fourth-order valence-electron chi connectivity index (χ4n) is 2.78. The molecule has 16 heavy (non-hydrogen) atoms. The predicted octanol–water partition coefficient (Wildman–Crippen LogP) is 1.75. The Morgan fingerprint density at radius 1 is 1.31 bits per heavy atom. The van der Waals surface area contributed by atoms with E-state index < -0.39 is 11.9 Å². The zero-order valence-corrected chi connectivity index (χ0v) is 9.36. The summed E-state index contributed by atoms with van der Waals surface area (Å²) < 4.78 is 5.05. The van der Waals surface area contributed by atoms with Crippen molar-refractivity contribution >= 4 is 11.9 Å². The molecule has 4 nitrogen and oxygen atoms in total. The number of carbonyl (C=O) groups excluding carboxylic acids is 1. The van der Waals surface area contributed by atoms with E-state index in [1.807, 2.05) is 6.92 Å². The van der Waals surface area contributed by atoms with Crippen molar-refractivity contribution in [2.75, 3.05) is 6.61 Å². The van der Waals surface area contributed by atoms with E-state index in [2.05, 4.69) is 0 Å². The van der Waals surface area contributed by atoms with Crippen molar-refractivity contribution < 1.29 is 19.4 Å². The molecule has 0 heterocycles. The van der Waals surface area contributed by atoms with Gasteiger partial charge < -0.3 is 9.84 Å². The number of fused-ring (bicyclic) bond motifs is 2. The molecule has 0 aromatic heterocycles. The summed E-state index contributed by atoms with van der Waals surface area (Å²) in [6.07, 6.45) is 3.41. The highest BCUT2D eigenvalue weighted by Gasteiger charge is 2.45. The number of rotatable bonds is 4. The van der Waals surface area contributed by atoms with Gasteiger partial charge in [0.25, 0.3) is 0 Å². The molecule has 0 saturated heterocycles. The normalized spacial score (nSPS) is 27.3. The van der Waals surface area contributed by atoms with Gasteiger partial charge in [0.1, 0.15) is 0 Å². The van der Waals surface area contributed by atoms with Crippen molar-refractivity contribution in [2.24, 2.45) is 11.8 Å². The van der Waals surface area contributed by atoms with Gasteiger partial charge in [0, 0.05) is 0 Å². The number of ether oxygens (including phenoxy) is 1. The number of aliphatic carboxylic acids is 1. The van der Waals surface area contributed by atoms with Crippen LogP contribution < -0.4 is 0 Å². The minimum atomic E-state index is -0.948. The Morgan fingerprint density at radius 2 is 1.94 bits per heavy atom. The Balaban J connectivity index is 2.22. The first-order chi connectivity index (χ1) is 7.65. The first kappa shape index (κ1) is 11.2. The number of hydrogen-bond acceptors (Lipinski definition) is 3. The van der Waals surface area contributed by atoms with Gasteiger partial charge in [-0.25, -0.2) is 9.59 Å². The third-order valence-corrected chi connectivity index (χ3v) is 3.43. The van der Waals surface area contributed by atoms with Crippen LogP contribution in [0.5, 0.6) is 0 Å². The van der Waals surface area contributed by atoms with Crippen LogP contribution in [0, 0.1) is 11.8 Å². The molecule has 88 valence electrons. The first-order valence-corrected chi connectivity index (χ1v) is 5.79. The Labute approximate surface area is 94.3 Å². The van der Waals surface area contributed by atoms with Gasteiger partial charge in [-0.15, -0.1) is 0 Å². The van der Waals surface area contributed by atoms with Gasteiger partial charge in [-0.2, -0.15) is 0 Å². The van der Waals surface area contributed by atoms with Crippen molar-refractivity contribution in [3.05, 3.63) is 11.1 Å². The Morgan fingerprint density at radius 3 is 2.50 bits per heavy atom. The summed E-state index contributed by atoms with van der Waals surface area (Å²) in [5, 5.41) is 9.11. The lowest BCUT2D eigenvalue weighted by Crippen LogP contribution is -2.19. The van der Waals surface area contributed by atoms with Crippen LogP contribution in [0.2, 0.25) is 0 Å². The van der Waals surface area contributed by atoms with Crippen LogP contribution in [0.15, 0.2) is 11.1 Å². The van der Waals surface area contributed by atoms with Crippen molar-refractivity contribution in [3.63, 3.8) is 0 Å². The Hall–Kier alpha value is -1.32. The van der Waals surface area contributed by atoms with Crippen molar-refractivity contribution in [1.29, 1.82) is 0 Å². The molecule has 0 aliphatic heterocycles. The van der Waals surface area contributed by atoms with Gasteiger partial charge in [-0.3, -0.25) is 0 Å². The predicted molar refractivity (Wildman–Crippen MR) is 56.7 cm³/mol. The van der Waals surface area contributed by atoms with E-state index in [9.17, 15) is 9.59 Å². The largest absolute Gasteiger partial charge is 0.478 e. The molecule has 0 amide bonds. The topological polar surface area (TPSA) is 63.6 Å². The smallest absolute Gasteiger partial charge is 0.334 e. The van der Waals surface area contributed by atoms with Gasteiger partial charge in [0.2, 0.25) is 0 Å². The molecule has 2 bridgehead atoms. The van der Waals surface area contributed by atoms with Crippen LogP contribution >= 0.6 is 0 Å². The van der Waals surface area contributed by atoms with Gasteiger partial charge >= 0.3 is 11.9 Å². The molecule has 1 fully saturated rings. The second-order valence-electron chi connectivity index (χ2n) is 4.48. The van der Waals surface area contributed by atoms with E-state index in [-0.39, 0.29) is 11.8 Å². The molecule has 0 spiro atoms. The lowest BCUT2D eigenvalue weighted by Gasteiger charge is -2.15. The average molecular weight is 224 g/mol. The number of hydrogen-bond donors (Lipinski definition) is 1. The van der Waals surface area contributed by atoms with E-state index in [0.717, 1.165) is 25.7 Å². The fourth-order valence-corrected chi connectivity index (χ4v) is 2.78. The van der Waals surface area contributed by atoms with Crippen LogP contribution in [0.25, 0.3) is 0 Å². The van der Waals surface area contributed by atoms with Gasteiger partial charge in [0.15, 0.2) is 0 Å². The zero-order chi connectivity index (χ0) is 11.7. The molecule has 4 heteroatoms. The third kappa shape index (κ3) is 1.72. The highest BCUT2D eigenvalue weighted by Crippen LogP contribution is 2.48. The van der Waals surface area contributed by atoms with Gasteiger partial charge in [-0.1, -0.05) is 6.92 Å². The van der Waals surface area contributed by atoms with E-state index in [0.29, 0.717) is 17.8 Å². The molecule has 2 aliphatic carbocycles. The summed E-state index contributed by atoms with van der Waals surface area (Å²) in [4.78, 5) is 22.9. The number of carboxylic acid groups (broad SMARTS) is 1. The molecule has 0 aromatic rings. The number of carboxylic acids is 1. The van der Waals surface area contributed by atoms with Crippen LogP contribution in [-0.4, -0.2) is 23.7 Å². The van der Waals surface area contributed by atoms with Gasteiger partial charge in [-0.05, 0) is 37.5 Å². The number of esters is 1. The lowest BCUT2D eigenvalue weighted by molar-refractivity contribution is -0.141. The first-order valence-electron chi connectivity index (χ1n) is 5.79. The van der Waals surface area contributed by atoms with Crippen molar-refractivity contribution in [2.45, 2.75) is 32.6 Å². The molecule has 2 rings (SSSR count). The standard InChI is InChI=1S/C12H16O4/c1-2-5-16-12(15)10-8-4-3-7(6-8)9(10)11(13)14/h7-8H,2-6H2,1H3,(H,13,14). The maximum absolute atomic E-state index is 11.8. The molecule has 1 saturated carbocycles. The highest BCUT2D eigenvalue weighted by molar-refractivity contribution is 6.01. The molecule has 0 radical (unpaired) electrons. The van der Waals surface area contributed by atoms with Gasteiger partial charge in [0.05, 0.1) is 17.8 Å². The summed E-state index contributed by atoms with van der Waals surface area (Å²) in [5.74, 6) is -1.16. The zero-order valence-electron chi connectivity index (χ0n) is 9.36. The molecule has 1 N–H and O–H groups in total. The maximum Gasteiger partial charge on any atom is 0.334 e. The SMILES string of the molecule is CCCOC(=O)C1=C(C(=O)O)C2CCC1C2. The molecular formula is C12H16O4. The Kier molecular flexibility index (Phi) is 2.99. The van der Waals surface area contributed by atoms with E-state index in [1.165, 1.54) is 0 Å². The molecule has 2 atom stereocenters. The lowest BCUT2D eigenvalue weighted by atomic mass is 9.92. The number of carbonyl (C=O) groups is 2. The second-order valence-corrected chi connectivity index (χ2v) is 4.48. The van der Waals surface area contributed by atoms with Crippen LogP contribution in [-0.2, 0) is 14.3 Å². The molecule has 0 aromatic carbocycles. The minimum Gasteiger partial charge on any atom is -0.478 e. The van der Waals surface area contributed by atoms with Crippen LogP contribution in [0.4, 0.5) is 0 Å². The minimum absolute atomic E-state index is 0.0756. The summed E-state index contributed by atoms with van der Waals surface area (Å²) in [7, 11) is 0. The quantitative estimate of drug-likeness (QED) is 0.739. The third-order valence-electron chi connectivity index (χ3n) is 3.43. The summed E-state index contributed by atoms with van der Waals surface area (Å²) in [5.41, 5.74) is 0.759. The summed E-state index contributed by atoms with van der Waals surface area (Å²) in [6, 6.07) is 0. The van der Waals surface area contributed by atoms with E-state index in [4.69, 9.17) is 9.84 Å². The summed E-state index contributed by atoms with van der Waals surface area (Å²) in [6.45, 7) is 2.28. The molecule has 2 aliphatic rings. The van der Waals surface area contributed by atoms with Crippen molar-refractivity contribution in [3.8, 4) is 0 Å². The molecular weight excluding hydrogens is 208 g/mol. The maximum atomic E-state index is 11.8. The monoisotopic (exact) mass is 224 g/mol. The van der Waals surface area contributed by atoms with E-state index >= 15 is 0 Å². The van der Waals surface area contributed by atoms with Crippen molar-refractivity contribution in [1.82, 2.24) is 0 Å². The van der Waals surface area contributed by atoms with Crippen LogP contribution in [0.1, 0.15) is 32.6 Å². The average Bonchev–Trinajstić information content (AvgIpc) is 2.84. The molecule has 2 unspecified atom stereocenters. The summed E-state index contributed by atoms with van der Waals surface area (Å²) >= 11 is 0. The second kappa shape index (κ2) is 4.28. The fraction of sp³-hybridized carbons (Fsp3) is 0.667. The highest BCUT2D eigenvalue weighted by atomic mass is 16.5. The van der Waals surface area contributed by atoms with Crippen LogP contribution in [0.3, 0.4) is 0 Å².